The summed E-state index contributed by atoms with van der Waals surface area (Å²) in [5, 5.41) is 8.98. The van der Waals surface area contributed by atoms with E-state index in [4.69, 9.17) is 5.11 Å². The van der Waals surface area contributed by atoms with Gasteiger partial charge in [0.1, 0.15) is 0 Å². The molecular formula is C7H14OSn. The quantitative estimate of drug-likeness (QED) is 0.670. The van der Waals surface area contributed by atoms with Crippen molar-refractivity contribution >= 4 is 22.5 Å². The molecule has 1 rings (SSSR count). The van der Waals surface area contributed by atoms with Gasteiger partial charge >= 0.3 is 69.8 Å². The number of aliphatic hydroxyl groups is 1. The van der Waals surface area contributed by atoms with Crippen LogP contribution < -0.4 is 0 Å². The third-order valence-corrected chi connectivity index (χ3v) is 4.33. The zero-order valence-electron chi connectivity index (χ0n) is 5.77. The van der Waals surface area contributed by atoms with Crippen molar-refractivity contribution in [2.24, 2.45) is 0 Å². The maximum absolute atomic E-state index is 8.98. The van der Waals surface area contributed by atoms with Gasteiger partial charge in [-0.15, -0.1) is 0 Å². The molecule has 1 nitrogen and oxygen atoms in total. The van der Waals surface area contributed by atoms with Gasteiger partial charge in [0.2, 0.25) is 0 Å². The Balaban J connectivity index is 2.37. The van der Waals surface area contributed by atoms with Gasteiger partial charge in [-0.3, -0.25) is 0 Å². The van der Waals surface area contributed by atoms with E-state index in [9.17, 15) is 0 Å². The Labute approximate surface area is 69.9 Å². The minimum atomic E-state index is 0.406. The molecule has 0 aromatic rings. The monoisotopic (exact) mass is 234 g/mol. The van der Waals surface area contributed by atoms with E-state index in [1.807, 2.05) is 0 Å². The average molecular weight is 233 g/mol. The minimum absolute atomic E-state index is 0.406. The van der Waals surface area contributed by atoms with Crippen molar-refractivity contribution in [2.75, 3.05) is 6.61 Å². The first-order valence-corrected chi connectivity index (χ1v) is 5.31. The Bertz CT molecular complexity index is 86.9. The molecule has 1 fully saturated rings. The molecule has 52 valence electrons. The molecule has 2 heteroatoms. The van der Waals surface area contributed by atoms with Gasteiger partial charge in [-0.25, -0.2) is 0 Å². The second kappa shape index (κ2) is 3.24. The van der Waals surface area contributed by atoms with E-state index in [2.05, 4.69) is 0 Å². The fourth-order valence-corrected chi connectivity index (χ4v) is 2.58. The van der Waals surface area contributed by atoms with Crippen molar-refractivity contribution in [1.82, 2.24) is 0 Å². The van der Waals surface area contributed by atoms with Crippen LogP contribution in [0.5, 0.6) is 0 Å². The third-order valence-electron chi connectivity index (χ3n) is 2.16. The van der Waals surface area contributed by atoms with Crippen molar-refractivity contribution in [3.63, 3.8) is 0 Å². The summed E-state index contributed by atoms with van der Waals surface area (Å²) in [5.41, 5.74) is 0. The molecule has 0 atom stereocenters. The van der Waals surface area contributed by atoms with Crippen LogP contribution in [0.15, 0.2) is 0 Å². The van der Waals surface area contributed by atoms with E-state index in [1.165, 1.54) is 54.6 Å². The van der Waals surface area contributed by atoms with Crippen molar-refractivity contribution in [3.8, 4) is 0 Å². The van der Waals surface area contributed by atoms with E-state index >= 15 is 0 Å². The molecule has 0 bridgehead atoms. The molecule has 1 N–H and O–H groups in total. The predicted molar refractivity (Wildman–Crippen MR) is 40.0 cm³/mol. The van der Waals surface area contributed by atoms with Crippen molar-refractivity contribution in [2.45, 2.75) is 35.5 Å². The molecule has 0 heterocycles. The van der Waals surface area contributed by atoms with Crippen LogP contribution in [0.2, 0.25) is 3.43 Å². The molecule has 0 unspecified atom stereocenters. The molecule has 1 aliphatic rings. The summed E-state index contributed by atoms with van der Waals surface area (Å²) in [5.74, 6) is 0. The van der Waals surface area contributed by atoms with E-state index in [-0.39, 0.29) is 0 Å². The third kappa shape index (κ3) is 2.11. The standard InChI is InChI=1S/C7H13O.Sn.H/c8-6-7-4-2-1-3-5-7;;/h8H,1-6H2;;. The van der Waals surface area contributed by atoms with Crippen molar-refractivity contribution in [3.05, 3.63) is 0 Å². The normalized spacial score (nSPS) is 26.0. The Hall–Kier alpha value is 0.759. The molecule has 1 saturated carbocycles. The molecule has 0 aromatic carbocycles. The van der Waals surface area contributed by atoms with Crippen LogP contribution in [0.25, 0.3) is 0 Å². The fraction of sp³-hybridized carbons (Fsp3) is 1.00. The molecule has 0 aromatic heterocycles. The van der Waals surface area contributed by atoms with Crippen LogP contribution >= 0.6 is 0 Å². The topological polar surface area (TPSA) is 20.2 Å². The second-order valence-electron chi connectivity index (χ2n) is 3.08. The van der Waals surface area contributed by atoms with E-state index < -0.39 is 0 Å². The summed E-state index contributed by atoms with van der Waals surface area (Å²) in [6.07, 6.45) is 6.66. The summed E-state index contributed by atoms with van der Waals surface area (Å²) in [4.78, 5) is 0. The van der Waals surface area contributed by atoms with Gasteiger partial charge in [-0.2, -0.15) is 0 Å². The summed E-state index contributed by atoms with van der Waals surface area (Å²) in [6.45, 7) is 0.440. The van der Waals surface area contributed by atoms with Gasteiger partial charge in [0, 0.05) is 0 Å². The van der Waals surface area contributed by atoms with Crippen LogP contribution in [0.1, 0.15) is 32.1 Å². The molecule has 0 amide bonds. The summed E-state index contributed by atoms with van der Waals surface area (Å²) in [6, 6.07) is 0. The predicted octanol–water partition coefficient (Wildman–Crippen LogP) is 1.00. The zero-order chi connectivity index (χ0) is 6.74. The Kier molecular flexibility index (Phi) is 2.83. The van der Waals surface area contributed by atoms with Gasteiger partial charge in [-0.1, -0.05) is 0 Å². The molecule has 2 radical (unpaired) electrons. The SMILES string of the molecule is OC[C]1([SnH])CCCCC1. The number of hydrogen-bond acceptors (Lipinski definition) is 1. The fourth-order valence-electron chi connectivity index (χ4n) is 1.41. The molecular weight excluding hydrogens is 219 g/mol. The van der Waals surface area contributed by atoms with Crippen molar-refractivity contribution < 1.29 is 5.11 Å². The number of aliphatic hydroxyl groups excluding tert-OH is 1. The van der Waals surface area contributed by atoms with Gasteiger partial charge in [0.05, 0.1) is 0 Å². The van der Waals surface area contributed by atoms with Gasteiger partial charge < -0.3 is 0 Å². The van der Waals surface area contributed by atoms with Crippen LogP contribution in [-0.4, -0.2) is 34.2 Å². The van der Waals surface area contributed by atoms with E-state index in [1.54, 1.807) is 0 Å². The number of rotatable bonds is 1. The summed E-state index contributed by atoms with van der Waals surface area (Å²) in [7, 11) is 0. The maximum atomic E-state index is 8.98. The first-order chi connectivity index (χ1) is 4.27. The van der Waals surface area contributed by atoms with Gasteiger partial charge in [0.25, 0.3) is 0 Å². The molecule has 1 aliphatic carbocycles. The Morgan fingerprint density at radius 3 is 2.11 bits per heavy atom. The first kappa shape index (κ1) is 7.86. The molecule has 9 heavy (non-hydrogen) atoms. The average Bonchev–Trinajstić information content (AvgIpc) is 1.90. The zero-order valence-corrected chi connectivity index (χ0v) is 9.06. The van der Waals surface area contributed by atoms with E-state index in [0.717, 1.165) is 0 Å². The van der Waals surface area contributed by atoms with Crippen molar-refractivity contribution in [1.29, 1.82) is 0 Å². The second-order valence-corrected chi connectivity index (χ2v) is 6.58. The summed E-state index contributed by atoms with van der Waals surface area (Å²) >= 11 is 1.25. The molecule has 0 saturated heterocycles. The van der Waals surface area contributed by atoms with Crippen LogP contribution in [-0.2, 0) is 0 Å². The Morgan fingerprint density at radius 2 is 1.78 bits per heavy atom. The van der Waals surface area contributed by atoms with Gasteiger partial charge in [0.15, 0.2) is 0 Å². The number of hydrogen-bond donors (Lipinski definition) is 1. The van der Waals surface area contributed by atoms with E-state index in [0.29, 0.717) is 10.0 Å². The Morgan fingerprint density at radius 1 is 1.22 bits per heavy atom. The van der Waals surface area contributed by atoms with Gasteiger partial charge in [-0.05, 0) is 0 Å². The van der Waals surface area contributed by atoms with Crippen LogP contribution in [0, 0.1) is 0 Å². The first-order valence-electron chi connectivity index (χ1n) is 3.67. The molecule has 0 spiro atoms. The van der Waals surface area contributed by atoms with Crippen LogP contribution in [0.3, 0.4) is 0 Å². The summed E-state index contributed by atoms with van der Waals surface area (Å²) < 4.78 is 0.406. The van der Waals surface area contributed by atoms with Crippen LogP contribution in [0.4, 0.5) is 0 Å². The molecule has 0 aliphatic heterocycles.